The summed E-state index contributed by atoms with van der Waals surface area (Å²) in [7, 11) is 0. The number of terminal acetylenes is 1. The molecule has 0 aromatic carbocycles. The Kier molecular flexibility index (Phi) is 5.37. The SMILES string of the molecule is C#CC(C)(C)Oc1nc(NCC)nc(OCCC)n1. The van der Waals surface area contributed by atoms with E-state index in [1.54, 1.807) is 13.8 Å². The molecule has 1 rings (SSSR count). The molecule has 0 radical (unpaired) electrons. The molecule has 1 N–H and O–H groups in total. The van der Waals surface area contributed by atoms with Crippen molar-refractivity contribution in [2.75, 3.05) is 18.5 Å². The van der Waals surface area contributed by atoms with E-state index in [4.69, 9.17) is 15.9 Å². The molecule has 0 atom stereocenters. The summed E-state index contributed by atoms with van der Waals surface area (Å²) in [6, 6.07) is 0.385. The fourth-order valence-corrected chi connectivity index (χ4v) is 1.14. The lowest BCUT2D eigenvalue weighted by atomic mass is 10.2. The average Bonchev–Trinajstić information content (AvgIpc) is 2.36. The molecule has 0 fully saturated rings. The van der Waals surface area contributed by atoms with E-state index in [-0.39, 0.29) is 12.0 Å². The number of rotatable bonds is 7. The zero-order valence-corrected chi connectivity index (χ0v) is 11.9. The van der Waals surface area contributed by atoms with Gasteiger partial charge in [-0.15, -0.1) is 11.4 Å². The molecule has 0 saturated heterocycles. The maximum atomic E-state index is 5.54. The zero-order valence-electron chi connectivity index (χ0n) is 11.9. The first-order valence-electron chi connectivity index (χ1n) is 6.30. The average molecular weight is 264 g/mol. The molecule has 0 unspecified atom stereocenters. The maximum absolute atomic E-state index is 5.54. The molecule has 6 heteroatoms. The van der Waals surface area contributed by atoms with Crippen LogP contribution < -0.4 is 14.8 Å². The van der Waals surface area contributed by atoms with Crippen LogP contribution in [0.3, 0.4) is 0 Å². The van der Waals surface area contributed by atoms with E-state index in [0.29, 0.717) is 19.1 Å². The van der Waals surface area contributed by atoms with Crippen LogP contribution in [0.25, 0.3) is 0 Å². The molecular formula is C13H20N4O2. The Morgan fingerprint density at radius 2 is 1.89 bits per heavy atom. The number of hydrogen-bond donors (Lipinski definition) is 1. The first-order valence-corrected chi connectivity index (χ1v) is 6.30. The third kappa shape index (κ3) is 5.00. The van der Waals surface area contributed by atoms with Gasteiger partial charge in [0.05, 0.1) is 6.61 Å². The Labute approximate surface area is 114 Å². The predicted octanol–water partition coefficient (Wildman–Crippen LogP) is 1.88. The summed E-state index contributed by atoms with van der Waals surface area (Å²) in [6.07, 6.45) is 6.25. The van der Waals surface area contributed by atoms with E-state index in [2.05, 4.69) is 26.2 Å². The lowest BCUT2D eigenvalue weighted by molar-refractivity contribution is 0.152. The Balaban J connectivity index is 2.96. The molecule has 0 aliphatic heterocycles. The molecular weight excluding hydrogens is 244 g/mol. The van der Waals surface area contributed by atoms with E-state index < -0.39 is 5.60 Å². The number of hydrogen-bond acceptors (Lipinski definition) is 6. The van der Waals surface area contributed by atoms with Crippen LogP contribution in [0, 0.1) is 12.3 Å². The molecule has 1 aromatic heterocycles. The van der Waals surface area contributed by atoms with Crippen molar-refractivity contribution in [1.82, 2.24) is 15.0 Å². The van der Waals surface area contributed by atoms with Gasteiger partial charge in [0.15, 0.2) is 5.60 Å². The van der Waals surface area contributed by atoms with Gasteiger partial charge in [-0.2, -0.15) is 9.97 Å². The molecule has 0 amide bonds. The van der Waals surface area contributed by atoms with Gasteiger partial charge in [-0.05, 0) is 27.2 Å². The van der Waals surface area contributed by atoms with E-state index >= 15 is 0 Å². The summed E-state index contributed by atoms with van der Waals surface area (Å²) >= 11 is 0. The molecule has 1 heterocycles. The van der Waals surface area contributed by atoms with E-state index in [1.165, 1.54) is 0 Å². The van der Waals surface area contributed by atoms with Crippen LogP contribution in [0.5, 0.6) is 12.0 Å². The Hall–Kier alpha value is -2.03. The second kappa shape index (κ2) is 6.78. The first-order chi connectivity index (χ1) is 9.00. The third-order valence-corrected chi connectivity index (χ3v) is 2.06. The van der Waals surface area contributed by atoms with Crippen LogP contribution in [0.2, 0.25) is 0 Å². The highest BCUT2D eigenvalue weighted by atomic mass is 16.5. The van der Waals surface area contributed by atoms with Gasteiger partial charge in [-0.3, -0.25) is 0 Å². The highest BCUT2D eigenvalue weighted by Gasteiger charge is 2.19. The first kappa shape index (κ1) is 15.0. The van der Waals surface area contributed by atoms with Crippen molar-refractivity contribution >= 4 is 5.95 Å². The smallest absolute Gasteiger partial charge is 0.325 e. The van der Waals surface area contributed by atoms with Gasteiger partial charge in [0.1, 0.15) is 0 Å². The van der Waals surface area contributed by atoms with Crippen molar-refractivity contribution < 1.29 is 9.47 Å². The van der Waals surface area contributed by atoms with Gasteiger partial charge < -0.3 is 14.8 Å². The van der Waals surface area contributed by atoms with Gasteiger partial charge in [0, 0.05) is 6.54 Å². The molecule has 0 aliphatic rings. The molecule has 1 aromatic rings. The van der Waals surface area contributed by atoms with Crippen molar-refractivity contribution in [1.29, 1.82) is 0 Å². The van der Waals surface area contributed by atoms with Crippen molar-refractivity contribution in [3.63, 3.8) is 0 Å². The maximum Gasteiger partial charge on any atom is 0.325 e. The van der Waals surface area contributed by atoms with Crippen molar-refractivity contribution in [2.24, 2.45) is 0 Å². The van der Waals surface area contributed by atoms with E-state index in [9.17, 15) is 0 Å². The second-order valence-corrected chi connectivity index (χ2v) is 4.36. The Morgan fingerprint density at radius 1 is 1.21 bits per heavy atom. The van der Waals surface area contributed by atoms with Crippen LogP contribution in [-0.4, -0.2) is 33.7 Å². The number of nitrogens with zero attached hydrogens (tertiary/aromatic N) is 3. The number of ether oxygens (including phenoxy) is 2. The molecule has 104 valence electrons. The molecule has 0 saturated carbocycles. The van der Waals surface area contributed by atoms with Crippen LogP contribution in [-0.2, 0) is 0 Å². The Morgan fingerprint density at radius 3 is 2.47 bits per heavy atom. The summed E-state index contributed by atoms with van der Waals surface area (Å²) in [5.41, 5.74) is -0.785. The lowest BCUT2D eigenvalue weighted by Gasteiger charge is -2.18. The van der Waals surface area contributed by atoms with Crippen LogP contribution in [0.4, 0.5) is 5.95 Å². The summed E-state index contributed by atoms with van der Waals surface area (Å²) in [5, 5.41) is 2.99. The predicted molar refractivity (Wildman–Crippen MR) is 73.3 cm³/mol. The van der Waals surface area contributed by atoms with Crippen molar-refractivity contribution in [3.05, 3.63) is 0 Å². The largest absolute Gasteiger partial charge is 0.463 e. The third-order valence-electron chi connectivity index (χ3n) is 2.06. The number of anilines is 1. The number of aromatic nitrogens is 3. The van der Waals surface area contributed by atoms with Gasteiger partial charge in [0.2, 0.25) is 5.95 Å². The van der Waals surface area contributed by atoms with Gasteiger partial charge in [-0.25, -0.2) is 0 Å². The van der Waals surface area contributed by atoms with Crippen LogP contribution in [0.15, 0.2) is 0 Å². The van der Waals surface area contributed by atoms with E-state index in [1.807, 2.05) is 13.8 Å². The zero-order chi connectivity index (χ0) is 14.3. The fourth-order valence-electron chi connectivity index (χ4n) is 1.14. The van der Waals surface area contributed by atoms with E-state index in [0.717, 1.165) is 6.42 Å². The summed E-state index contributed by atoms with van der Waals surface area (Å²) in [4.78, 5) is 12.3. The van der Waals surface area contributed by atoms with Crippen LogP contribution >= 0.6 is 0 Å². The molecule has 0 bridgehead atoms. The number of nitrogens with one attached hydrogen (secondary N) is 1. The Bertz CT molecular complexity index is 454. The van der Waals surface area contributed by atoms with Crippen LogP contribution in [0.1, 0.15) is 34.1 Å². The molecule has 19 heavy (non-hydrogen) atoms. The molecule has 6 nitrogen and oxygen atoms in total. The van der Waals surface area contributed by atoms with Crippen molar-refractivity contribution in [2.45, 2.75) is 39.7 Å². The minimum Gasteiger partial charge on any atom is -0.463 e. The quantitative estimate of drug-likeness (QED) is 0.758. The lowest BCUT2D eigenvalue weighted by Crippen LogP contribution is -2.27. The topological polar surface area (TPSA) is 69.2 Å². The summed E-state index contributed by atoms with van der Waals surface area (Å²) in [5.74, 6) is 2.93. The summed E-state index contributed by atoms with van der Waals surface area (Å²) < 4.78 is 10.9. The normalized spacial score (nSPS) is 10.7. The minimum absolute atomic E-state index is 0.153. The van der Waals surface area contributed by atoms with Gasteiger partial charge >= 0.3 is 12.0 Å². The van der Waals surface area contributed by atoms with Gasteiger partial charge in [-0.1, -0.05) is 12.8 Å². The van der Waals surface area contributed by atoms with Gasteiger partial charge in [0.25, 0.3) is 0 Å². The standard InChI is InChI=1S/C13H20N4O2/c1-6-9-18-11-15-10(14-8-3)16-12(17-11)19-13(4,5)7-2/h2H,6,8-9H2,1,3-5H3,(H,14,15,16,17). The highest BCUT2D eigenvalue weighted by Crippen LogP contribution is 2.17. The second-order valence-electron chi connectivity index (χ2n) is 4.36. The monoisotopic (exact) mass is 264 g/mol. The van der Waals surface area contributed by atoms with Crippen molar-refractivity contribution in [3.8, 4) is 24.4 Å². The fraction of sp³-hybridized carbons (Fsp3) is 0.615. The summed E-state index contributed by atoms with van der Waals surface area (Å²) in [6.45, 7) is 8.70. The minimum atomic E-state index is -0.785. The molecule has 0 spiro atoms. The highest BCUT2D eigenvalue weighted by molar-refractivity contribution is 5.27. The molecule has 0 aliphatic carbocycles.